The van der Waals surface area contributed by atoms with E-state index in [9.17, 15) is 18.0 Å². The zero-order valence-corrected chi connectivity index (χ0v) is 25.4. The van der Waals surface area contributed by atoms with Gasteiger partial charge in [-0.2, -0.15) is 0 Å². The third-order valence-corrected chi connectivity index (χ3v) is 7.64. The lowest BCUT2D eigenvalue weighted by Crippen LogP contribution is -2.54. The molecule has 0 saturated heterocycles. The van der Waals surface area contributed by atoms with Crippen LogP contribution in [0.1, 0.15) is 25.0 Å². The summed E-state index contributed by atoms with van der Waals surface area (Å²) in [6.07, 6.45) is 1.22. The van der Waals surface area contributed by atoms with Crippen LogP contribution in [0.3, 0.4) is 0 Å². The molecule has 220 valence electrons. The zero-order valence-electron chi connectivity index (χ0n) is 23.8. The Morgan fingerprint density at radius 1 is 0.927 bits per heavy atom. The topological polar surface area (TPSA) is 105 Å². The number of ether oxygens (including phenoxy) is 2. The Balaban J connectivity index is 2.11. The molecule has 11 heteroatoms. The van der Waals surface area contributed by atoms with Crippen molar-refractivity contribution >= 4 is 39.1 Å². The van der Waals surface area contributed by atoms with Gasteiger partial charge in [0, 0.05) is 30.1 Å². The first kappa shape index (κ1) is 31.8. The van der Waals surface area contributed by atoms with Gasteiger partial charge in [0.05, 0.1) is 26.2 Å². The molecule has 1 atom stereocenters. The molecule has 0 saturated carbocycles. The Labute approximate surface area is 247 Å². The van der Waals surface area contributed by atoms with Crippen molar-refractivity contribution in [2.45, 2.75) is 38.9 Å². The Morgan fingerprint density at radius 2 is 1.61 bits per heavy atom. The number of hydrogen-bond donors (Lipinski definition) is 1. The third-order valence-electron chi connectivity index (χ3n) is 6.28. The highest BCUT2D eigenvalue weighted by atomic mass is 35.5. The van der Waals surface area contributed by atoms with Crippen LogP contribution in [0.4, 0.5) is 5.69 Å². The maximum absolute atomic E-state index is 14.2. The fourth-order valence-electron chi connectivity index (χ4n) is 4.35. The summed E-state index contributed by atoms with van der Waals surface area (Å²) in [5.74, 6) is -0.316. The minimum Gasteiger partial charge on any atom is -0.497 e. The van der Waals surface area contributed by atoms with E-state index in [0.29, 0.717) is 16.3 Å². The van der Waals surface area contributed by atoms with Crippen LogP contribution in [-0.4, -0.2) is 64.2 Å². The summed E-state index contributed by atoms with van der Waals surface area (Å²) in [7, 11) is -1.12. The number of carbonyl (C=O) groups excluding carboxylic acids is 2. The Kier molecular flexibility index (Phi) is 11.0. The smallest absolute Gasteiger partial charge is 0.244 e. The summed E-state index contributed by atoms with van der Waals surface area (Å²) in [6, 6.07) is 19.9. The number of nitrogens with one attached hydrogen (secondary N) is 1. The maximum atomic E-state index is 14.2. The highest BCUT2D eigenvalue weighted by molar-refractivity contribution is 7.92. The minimum atomic E-state index is -3.98. The number of nitrogens with zero attached hydrogens (tertiary/aromatic N) is 2. The molecular formula is C30H36ClN3O6S. The molecule has 0 radical (unpaired) electrons. The van der Waals surface area contributed by atoms with Crippen LogP contribution in [0.15, 0.2) is 72.8 Å². The molecule has 0 bridgehead atoms. The van der Waals surface area contributed by atoms with Crippen molar-refractivity contribution in [1.29, 1.82) is 0 Å². The molecule has 3 aromatic rings. The summed E-state index contributed by atoms with van der Waals surface area (Å²) in [5.41, 5.74) is 1.66. The second-order valence-electron chi connectivity index (χ2n) is 9.83. The predicted octanol–water partition coefficient (Wildman–Crippen LogP) is 4.29. The van der Waals surface area contributed by atoms with Crippen molar-refractivity contribution in [2.24, 2.45) is 0 Å². The van der Waals surface area contributed by atoms with Gasteiger partial charge in [0.1, 0.15) is 24.1 Å². The molecule has 3 rings (SSSR count). The van der Waals surface area contributed by atoms with Gasteiger partial charge in [0.25, 0.3) is 0 Å². The first-order valence-corrected chi connectivity index (χ1v) is 15.2. The molecule has 0 fully saturated rings. The third kappa shape index (κ3) is 8.86. The number of sulfonamides is 1. The van der Waals surface area contributed by atoms with E-state index >= 15 is 0 Å². The van der Waals surface area contributed by atoms with E-state index in [1.165, 1.54) is 25.2 Å². The summed E-state index contributed by atoms with van der Waals surface area (Å²) < 4.78 is 37.8. The molecule has 0 spiro atoms. The first-order valence-electron chi connectivity index (χ1n) is 13.0. The molecule has 41 heavy (non-hydrogen) atoms. The average Bonchev–Trinajstić information content (AvgIpc) is 2.92. The summed E-state index contributed by atoms with van der Waals surface area (Å²) in [4.78, 5) is 29.2. The van der Waals surface area contributed by atoms with E-state index in [-0.39, 0.29) is 36.4 Å². The molecule has 2 amide bonds. The Morgan fingerprint density at radius 3 is 2.20 bits per heavy atom. The van der Waals surface area contributed by atoms with E-state index in [4.69, 9.17) is 21.1 Å². The van der Waals surface area contributed by atoms with Gasteiger partial charge < -0.3 is 19.7 Å². The summed E-state index contributed by atoms with van der Waals surface area (Å²) >= 11 is 6.24. The van der Waals surface area contributed by atoms with Gasteiger partial charge in [-0.1, -0.05) is 54.1 Å². The average molecular weight is 602 g/mol. The number of carbonyl (C=O) groups is 2. The maximum Gasteiger partial charge on any atom is 0.244 e. The van der Waals surface area contributed by atoms with Crippen LogP contribution >= 0.6 is 11.6 Å². The number of benzene rings is 3. The minimum absolute atomic E-state index is 0.0231. The van der Waals surface area contributed by atoms with Gasteiger partial charge in [0.15, 0.2) is 0 Å². The number of hydrogen-bond acceptors (Lipinski definition) is 6. The molecular weight excluding hydrogens is 566 g/mol. The normalized spacial score (nSPS) is 12.0. The fraction of sp³-hybridized carbons (Fsp3) is 0.333. The van der Waals surface area contributed by atoms with Crippen LogP contribution in [0.2, 0.25) is 5.02 Å². The number of halogens is 1. The fourth-order valence-corrected chi connectivity index (χ4v) is 5.41. The van der Waals surface area contributed by atoms with Gasteiger partial charge in [0.2, 0.25) is 21.8 Å². The predicted molar refractivity (Wildman–Crippen MR) is 161 cm³/mol. The number of anilines is 1. The highest BCUT2D eigenvalue weighted by Crippen LogP contribution is 2.34. The lowest BCUT2D eigenvalue weighted by molar-refractivity contribution is -0.140. The van der Waals surface area contributed by atoms with Gasteiger partial charge in [-0.15, -0.1) is 0 Å². The molecule has 0 unspecified atom stereocenters. The van der Waals surface area contributed by atoms with E-state index in [1.807, 2.05) is 44.2 Å². The van der Waals surface area contributed by atoms with Gasteiger partial charge in [-0.3, -0.25) is 13.9 Å². The van der Waals surface area contributed by atoms with E-state index < -0.39 is 28.5 Å². The Bertz CT molecular complexity index is 1450. The van der Waals surface area contributed by atoms with Gasteiger partial charge in [-0.05, 0) is 49.2 Å². The van der Waals surface area contributed by atoms with Crippen LogP contribution < -0.4 is 19.1 Å². The van der Waals surface area contributed by atoms with Crippen LogP contribution in [0.5, 0.6) is 11.5 Å². The molecule has 3 aromatic carbocycles. The molecule has 0 heterocycles. The monoisotopic (exact) mass is 601 g/mol. The molecule has 0 aliphatic heterocycles. The van der Waals surface area contributed by atoms with Crippen LogP contribution in [-0.2, 0) is 32.6 Å². The number of rotatable bonds is 13. The van der Waals surface area contributed by atoms with Crippen molar-refractivity contribution in [3.8, 4) is 11.5 Å². The lowest BCUT2D eigenvalue weighted by atomic mass is 10.0. The van der Waals surface area contributed by atoms with Crippen molar-refractivity contribution < 1.29 is 27.5 Å². The quantitative estimate of drug-likeness (QED) is 0.313. The SMILES string of the molecule is COc1ccc(OC)c(N(CC(=O)N(Cc2cccc(Cl)c2)[C@@H](Cc2ccccc2)C(=O)NC(C)C)S(C)(=O)=O)c1. The van der Waals surface area contributed by atoms with Crippen LogP contribution in [0.25, 0.3) is 0 Å². The molecule has 1 N–H and O–H groups in total. The van der Waals surface area contributed by atoms with Gasteiger partial charge >= 0.3 is 0 Å². The summed E-state index contributed by atoms with van der Waals surface area (Å²) in [5, 5.41) is 3.39. The number of methoxy groups -OCH3 is 2. The molecule has 0 aliphatic rings. The van der Waals surface area contributed by atoms with Crippen molar-refractivity contribution in [3.63, 3.8) is 0 Å². The van der Waals surface area contributed by atoms with Crippen molar-refractivity contribution in [3.05, 3.63) is 88.9 Å². The molecule has 9 nitrogen and oxygen atoms in total. The second kappa shape index (κ2) is 14.2. The van der Waals surface area contributed by atoms with Gasteiger partial charge in [-0.25, -0.2) is 8.42 Å². The van der Waals surface area contributed by atoms with Crippen LogP contribution in [0, 0.1) is 0 Å². The molecule has 0 aromatic heterocycles. The highest BCUT2D eigenvalue weighted by Gasteiger charge is 2.34. The second-order valence-corrected chi connectivity index (χ2v) is 12.2. The van der Waals surface area contributed by atoms with E-state index in [1.54, 1.807) is 36.4 Å². The standard InChI is InChI=1S/C30H36ClN3O6S/c1-21(2)32-30(36)27(17-22-10-7-6-8-11-22)33(19-23-12-9-13-24(31)16-23)29(35)20-34(41(5,37)38)26-18-25(39-3)14-15-28(26)40-4/h6-16,18,21,27H,17,19-20H2,1-5H3,(H,32,36)/t27-/m0/s1. The summed E-state index contributed by atoms with van der Waals surface area (Å²) in [6.45, 7) is 3.11. The lowest BCUT2D eigenvalue weighted by Gasteiger charge is -2.34. The van der Waals surface area contributed by atoms with E-state index in [0.717, 1.165) is 16.1 Å². The molecule has 0 aliphatic carbocycles. The Hall–Kier alpha value is -3.76. The van der Waals surface area contributed by atoms with Crippen molar-refractivity contribution in [1.82, 2.24) is 10.2 Å². The largest absolute Gasteiger partial charge is 0.497 e. The van der Waals surface area contributed by atoms with E-state index in [2.05, 4.69) is 5.32 Å². The zero-order chi connectivity index (χ0) is 30.2. The van der Waals surface area contributed by atoms with Crippen molar-refractivity contribution in [2.75, 3.05) is 31.3 Å². The number of amides is 2. The first-order chi connectivity index (χ1) is 19.4.